The summed E-state index contributed by atoms with van der Waals surface area (Å²) in [7, 11) is 0. The summed E-state index contributed by atoms with van der Waals surface area (Å²) in [6, 6.07) is 8.15. The van der Waals surface area contributed by atoms with Crippen LogP contribution in [0.5, 0.6) is 0 Å². The van der Waals surface area contributed by atoms with Gasteiger partial charge in [-0.15, -0.1) is 0 Å². The van der Waals surface area contributed by atoms with Crippen LogP contribution in [-0.2, 0) is 6.42 Å². The van der Waals surface area contributed by atoms with Crippen molar-refractivity contribution in [1.82, 2.24) is 0 Å². The molecule has 170 valence electrons. The third-order valence-electron chi connectivity index (χ3n) is 6.04. The largest absolute Gasteiger partial charge is 0.411 e. The van der Waals surface area contributed by atoms with Crippen molar-refractivity contribution in [3.05, 3.63) is 35.4 Å². The van der Waals surface area contributed by atoms with Crippen LogP contribution in [0.4, 0.5) is 0 Å². The van der Waals surface area contributed by atoms with E-state index < -0.39 is 0 Å². The van der Waals surface area contributed by atoms with E-state index in [9.17, 15) is 10.4 Å². The summed E-state index contributed by atoms with van der Waals surface area (Å²) in [5.74, 6) is 0. The van der Waals surface area contributed by atoms with Gasteiger partial charge >= 0.3 is 0 Å². The van der Waals surface area contributed by atoms with Crippen LogP contribution in [0.2, 0.25) is 0 Å². The monoisotopic (exact) mass is 416 g/mol. The fourth-order valence-electron chi connectivity index (χ4n) is 3.86. The molecule has 0 amide bonds. The first kappa shape index (κ1) is 26.2. The number of nitrogens with zero attached hydrogens (tertiary/aromatic N) is 2. The van der Waals surface area contributed by atoms with Gasteiger partial charge in [0.1, 0.15) is 11.4 Å². The first-order valence-electron chi connectivity index (χ1n) is 12.0. The Labute approximate surface area is 184 Å². The van der Waals surface area contributed by atoms with Gasteiger partial charge < -0.3 is 10.4 Å². The lowest BCUT2D eigenvalue weighted by Gasteiger charge is -2.24. The van der Waals surface area contributed by atoms with Gasteiger partial charge in [-0.3, -0.25) is 0 Å². The topological polar surface area (TPSA) is 65.2 Å². The van der Waals surface area contributed by atoms with Crippen molar-refractivity contribution in [2.24, 2.45) is 15.7 Å². The Morgan fingerprint density at radius 2 is 1.37 bits per heavy atom. The summed E-state index contributed by atoms with van der Waals surface area (Å²) in [5, 5.41) is 25.7. The normalized spacial score (nSPS) is 13.1. The Kier molecular flexibility index (Phi) is 13.1. The highest BCUT2D eigenvalue weighted by Crippen LogP contribution is 2.29. The zero-order valence-electron chi connectivity index (χ0n) is 19.8. The zero-order valence-corrected chi connectivity index (χ0v) is 19.8. The number of unbranched alkanes of at least 4 members (excludes halogenated alkanes) is 7. The fraction of sp³-hybridized carbons (Fsp3) is 0.692. The maximum absolute atomic E-state index is 9.50. The number of oxime groups is 2. The minimum Gasteiger partial charge on any atom is -0.411 e. The first-order valence-corrected chi connectivity index (χ1v) is 12.0. The van der Waals surface area contributed by atoms with Gasteiger partial charge in [0, 0.05) is 5.56 Å². The lowest BCUT2D eigenvalue weighted by Crippen LogP contribution is -2.16. The van der Waals surface area contributed by atoms with Gasteiger partial charge in [0.05, 0.1) is 0 Å². The summed E-state index contributed by atoms with van der Waals surface area (Å²) < 4.78 is 0. The standard InChI is InChI=1S/C26H44N2O2/c1-5-7-9-11-13-20-26(3,4)21-19-22-15-17-23(18-16-22)25(28-30)24(27-29)14-12-10-8-6-2/h15-18,29-30H,5-14,19-21H2,1-4H3/b27-24-,28-25+. The van der Waals surface area contributed by atoms with Crippen molar-refractivity contribution in [2.45, 2.75) is 111 Å². The highest BCUT2D eigenvalue weighted by atomic mass is 16.4. The first-order chi connectivity index (χ1) is 14.5. The van der Waals surface area contributed by atoms with Gasteiger partial charge in [-0.2, -0.15) is 0 Å². The van der Waals surface area contributed by atoms with Crippen LogP contribution in [-0.4, -0.2) is 21.8 Å². The van der Waals surface area contributed by atoms with E-state index in [1.54, 1.807) is 0 Å². The highest BCUT2D eigenvalue weighted by molar-refractivity contribution is 6.48. The van der Waals surface area contributed by atoms with Crippen molar-refractivity contribution in [1.29, 1.82) is 0 Å². The molecule has 0 aliphatic rings. The molecular formula is C26H44N2O2. The maximum Gasteiger partial charge on any atom is 0.134 e. The smallest absolute Gasteiger partial charge is 0.134 e. The molecule has 0 saturated heterocycles. The Morgan fingerprint density at radius 1 is 0.767 bits per heavy atom. The van der Waals surface area contributed by atoms with E-state index >= 15 is 0 Å². The second-order valence-electron chi connectivity index (χ2n) is 9.33. The Hall–Kier alpha value is -1.84. The van der Waals surface area contributed by atoms with Crippen molar-refractivity contribution < 1.29 is 10.4 Å². The zero-order chi connectivity index (χ0) is 22.2. The van der Waals surface area contributed by atoms with Crippen molar-refractivity contribution in [2.75, 3.05) is 0 Å². The molecule has 0 unspecified atom stereocenters. The third-order valence-corrected chi connectivity index (χ3v) is 6.04. The molecule has 2 N–H and O–H groups in total. The molecule has 0 aliphatic carbocycles. The molecule has 0 radical (unpaired) electrons. The Bertz CT molecular complexity index is 633. The maximum atomic E-state index is 9.50. The van der Waals surface area contributed by atoms with Crippen molar-refractivity contribution in [3.63, 3.8) is 0 Å². The molecule has 1 aromatic rings. The van der Waals surface area contributed by atoms with Crippen LogP contribution < -0.4 is 0 Å². The van der Waals surface area contributed by atoms with Crippen LogP contribution in [0.1, 0.15) is 116 Å². The Balaban J connectivity index is 2.58. The molecule has 0 bridgehead atoms. The molecule has 30 heavy (non-hydrogen) atoms. The quantitative estimate of drug-likeness (QED) is 0.124. The molecule has 4 nitrogen and oxygen atoms in total. The van der Waals surface area contributed by atoms with Gasteiger partial charge in [-0.25, -0.2) is 0 Å². The molecule has 0 fully saturated rings. The second kappa shape index (κ2) is 15.0. The van der Waals surface area contributed by atoms with Crippen LogP contribution in [0, 0.1) is 5.41 Å². The molecule has 0 heterocycles. The molecular weight excluding hydrogens is 372 g/mol. The molecule has 0 aromatic heterocycles. The van der Waals surface area contributed by atoms with E-state index in [4.69, 9.17) is 0 Å². The number of rotatable bonds is 16. The van der Waals surface area contributed by atoms with Gasteiger partial charge in [0.2, 0.25) is 0 Å². The van der Waals surface area contributed by atoms with Crippen LogP contribution >= 0.6 is 0 Å². The number of hydrogen-bond acceptors (Lipinski definition) is 4. The number of aryl methyl sites for hydroxylation is 1. The molecule has 1 aromatic carbocycles. The van der Waals surface area contributed by atoms with E-state index in [-0.39, 0.29) is 0 Å². The van der Waals surface area contributed by atoms with E-state index in [1.165, 1.54) is 50.5 Å². The molecule has 1 rings (SSSR count). The summed E-state index contributed by atoms with van der Waals surface area (Å²) in [5.41, 5.74) is 3.26. The van der Waals surface area contributed by atoms with Gasteiger partial charge in [-0.05, 0) is 43.1 Å². The van der Waals surface area contributed by atoms with Gasteiger partial charge in [0.15, 0.2) is 0 Å². The average Bonchev–Trinajstić information content (AvgIpc) is 2.75. The summed E-state index contributed by atoms with van der Waals surface area (Å²) >= 11 is 0. The van der Waals surface area contributed by atoms with E-state index in [0.717, 1.165) is 37.7 Å². The molecule has 0 spiro atoms. The van der Waals surface area contributed by atoms with Crippen LogP contribution in [0.3, 0.4) is 0 Å². The predicted octanol–water partition coefficient (Wildman–Crippen LogP) is 7.98. The SMILES string of the molecule is CCCCCCCC(C)(C)CCc1ccc(C(=N\O)/C(CCCCCC)=N\O)cc1. The highest BCUT2D eigenvalue weighted by Gasteiger charge is 2.18. The molecule has 0 saturated carbocycles. The van der Waals surface area contributed by atoms with E-state index in [1.807, 2.05) is 12.1 Å². The molecule has 0 aliphatic heterocycles. The van der Waals surface area contributed by atoms with Crippen LogP contribution in [0.25, 0.3) is 0 Å². The Morgan fingerprint density at radius 3 is 1.93 bits per heavy atom. The lowest BCUT2D eigenvalue weighted by atomic mass is 9.81. The van der Waals surface area contributed by atoms with Gasteiger partial charge in [0.25, 0.3) is 0 Å². The summed E-state index contributed by atoms with van der Waals surface area (Å²) in [6.07, 6.45) is 15.1. The van der Waals surface area contributed by atoms with Gasteiger partial charge in [-0.1, -0.05) is 114 Å². The number of benzene rings is 1. The van der Waals surface area contributed by atoms with Crippen molar-refractivity contribution in [3.8, 4) is 0 Å². The number of hydrogen-bond donors (Lipinski definition) is 2. The molecule has 4 heteroatoms. The molecule has 0 atom stereocenters. The second-order valence-corrected chi connectivity index (χ2v) is 9.33. The fourth-order valence-corrected chi connectivity index (χ4v) is 3.86. The van der Waals surface area contributed by atoms with Crippen molar-refractivity contribution >= 4 is 11.4 Å². The lowest BCUT2D eigenvalue weighted by molar-refractivity contribution is 0.294. The average molecular weight is 417 g/mol. The predicted molar refractivity (Wildman–Crippen MR) is 128 cm³/mol. The van der Waals surface area contributed by atoms with E-state index in [2.05, 4.69) is 50.1 Å². The van der Waals surface area contributed by atoms with Crippen LogP contribution in [0.15, 0.2) is 34.6 Å². The summed E-state index contributed by atoms with van der Waals surface area (Å²) in [4.78, 5) is 0. The van der Waals surface area contributed by atoms with E-state index in [0.29, 0.717) is 23.3 Å². The summed E-state index contributed by atoms with van der Waals surface area (Å²) in [6.45, 7) is 9.17. The third kappa shape index (κ3) is 10.3. The minimum atomic E-state index is 0.359. The minimum absolute atomic E-state index is 0.359.